The fraction of sp³-hybridized carbons (Fsp3) is 0.948. The molecule has 570 valence electrons. The first-order valence-electron chi connectivity index (χ1n) is 39.7. The Morgan fingerprint density at radius 2 is 0.438 bits per heavy atom. The van der Waals surface area contributed by atoms with Crippen LogP contribution in [0.1, 0.15) is 389 Å². The van der Waals surface area contributed by atoms with Gasteiger partial charge in [-0.25, -0.2) is 9.13 Å². The first-order valence-corrected chi connectivity index (χ1v) is 42.7. The lowest BCUT2D eigenvalue weighted by Crippen LogP contribution is -2.30. The predicted molar refractivity (Wildman–Crippen MR) is 391 cm³/mol. The van der Waals surface area contributed by atoms with Crippen molar-refractivity contribution in [2.45, 2.75) is 408 Å². The van der Waals surface area contributed by atoms with Gasteiger partial charge in [-0.1, -0.05) is 338 Å². The zero-order valence-corrected chi connectivity index (χ0v) is 64.8. The van der Waals surface area contributed by atoms with Crippen molar-refractivity contribution in [3.63, 3.8) is 0 Å². The van der Waals surface area contributed by atoms with Crippen molar-refractivity contribution in [3.05, 3.63) is 0 Å². The Labute approximate surface area is 588 Å². The minimum Gasteiger partial charge on any atom is -0.462 e. The van der Waals surface area contributed by atoms with Crippen molar-refractivity contribution in [1.29, 1.82) is 0 Å². The lowest BCUT2D eigenvalue weighted by molar-refractivity contribution is -0.161. The van der Waals surface area contributed by atoms with Crippen LogP contribution in [-0.2, 0) is 65.4 Å². The van der Waals surface area contributed by atoms with Gasteiger partial charge >= 0.3 is 39.5 Å². The summed E-state index contributed by atoms with van der Waals surface area (Å²) in [4.78, 5) is 72.8. The molecule has 0 bridgehead atoms. The van der Waals surface area contributed by atoms with Crippen LogP contribution in [0, 0.1) is 23.7 Å². The molecule has 96 heavy (non-hydrogen) atoms. The molecule has 0 heterocycles. The number of phosphoric ester groups is 2. The molecule has 0 aliphatic rings. The zero-order chi connectivity index (χ0) is 71.0. The molecule has 0 saturated heterocycles. The van der Waals surface area contributed by atoms with Gasteiger partial charge in [0.25, 0.3) is 0 Å². The Hall–Kier alpha value is -1.94. The zero-order valence-electron chi connectivity index (χ0n) is 63.0. The van der Waals surface area contributed by atoms with Gasteiger partial charge in [-0.05, 0) is 49.4 Å². The highest BCUT2D eigenvalue weighted by atomic mass is 31.2. The van der Waals surface area contributed by atoms with Crippen molar-refractivity contribution >= 4 is 39.5 Å². The normalized spacial score (nSPS) is 14.1. The average molecular weight is 1410 g/mol. The van der Waals surface area contributed by atoms with Crippen LogP contribution >= 0.6 is 15.6 Å². The number of esters is 4. The lowest BCUT2D eigenvalue weighted by atomic mass is 10.0. The van der Waals surface area contributed by atoms with E-state index in [2.05, 4.69) is 55.4 Å². The van der Waals surface area contributed by atoms with Crippen molar-refractivity contribution in [2.24, 2.45) is 23.7 Å². The first kappa shape index (κ1) is 94.1. The van der Waals surface area contributed by atoms with Crippen LogP contribution in [0.15, 0.2) is 0 Å². The standard InChI is InChI=1S/C77H150O17P2/c1-67(2)53-45-37-29-23-17-13-11-9-10-12-14-20-26-32-41-49-57-74(79)87-63-72(93-76(81)59-51-43-33-27-21-15-18-24-30-38-46-54-68(3)4)65-91-95(83,84)89-61-71(78)62-90-96(85,86)92-66-73(64-88-75(80)58-50-42-36-35-40-48-56-70(7)8)94-77(82)60-52-44-34-28-22-16-19-25-31-39-47-55-69(5)6/h67-73,78H,9-66H2,1-8H3,(H,83,84)(H,85,86)/t71-,72-,73-/m1/s1. The molecule has 19 heteroatoms. The second-order valence-corrected chi connectivity index (χ2v) is 32.6. The summed E-state index contributed by atoms with van der Waals surface area (Å²) in [5.74, 6) is 0.901. The third-order valence-corrected chi connectivity index (χ3v) is 19.7. The van der Waals surface area contributed by atoms with Gasteiger partial charge in [0.2, 0.25) is 0 Å². The highest BCUT2D eigenvalue weighted by molar-refractivity contribution is 7.47. The van der Waals surface area contributed by atoms with Gasteiger partial charge in [0.05, 0.1) is 26.4 Å². The van der Waals surface area contributed by atoms with Crippen LogP contribution in [-0.4, -0.2) is 96.7 Å². The molecule has 0 amide bonds. The Balaban J connectivity index is 5.21. The number of aliphatic hydroxyl groups excluding tert-OH is 1. The average Bonchev–Trinajstić information content (AvgIpc) is 1.05. The largest absolute Gasteiger partial charge is 0.472 e. The van der Waals surface area contributed by atoms with Gasteiger partial charge in [0, 0.05) is 25.7 Å². The number of unbranched alkanes of at least 4 members (excludes halogenated alkanes) is 40. The van der Waals surface area contributed by atoms with Crippen molar-refractivity contribution in [3.8, 4) is 0 Å². The summed E-state index contributed by atoms with van der Waals surface area (Å²) in [6.07, 6.45) is 51.5. The highest BCUT2D eigenvalue weighted by Gasteiger charge is 2.30. The second kappa shape index (κ2) is 66.3. The third-order valence-electron chi connectivity index (χ3n) is 17.8. The highest BCUT2D eigenvalue weighted by Crippen LogP contribution is 2.45. The molecule has 0 aromatic heterocycles. The maximum atomic E-state index is 13.1. The molecule has 0 radical (unpaired) electrons. The molecule has 0 spiro atoms. The molecule has 2 unspecified atom stereocenters. The Morgan fingerprint density at radius 1 is 0.260 bits per heavy atom. The molecule has 0 aliphatic carbocycles. The summed E-state index contributed by atoms with van der Waals surface area (Å²) < 4.78 is 68.5. The molecule has 3 N–H and O–H groups in total. The van der Waals surface area contributed by atoms with Crippen LogP contribution < -0.4 is 0 Å². The van der Waals surface area contributed by atoms with E-state index in [1.54, 1.807) is 0 Å². The summed E-state index contributed by atoms with van der Waals surface area (Å²) >= 11 is 0. The quantitative estimate of drug-likeness (QED) is 0.0222. The van der Waals surface area contributed by atoms with E-state index in [-0.39, 0.29) is 25.7 Å². The van der Waals surface area contributed by atoms with E-state index in [4.69, 9.17) is 37.0 Å². The van der Waals surface area contributed by atoms with E-state index in [0.717, 1.165) is 114 Å². The Kier molecular flexibility index (Phi) is 65.0. The van der Waals surface area contributed by atoms with Crippen LogP contribution in [0.4, 0.5) is 0 Å². The number of phosphoric acid groups is 2. The number of rotatable bonds is 74. The third kappa shape index (κ3) is 70.5. The number of ether oxygens (including phenoxy) is 4. The minimum atomic E-state index is -4.96. The lowest BCUT2D eigenvalue weighted by Gasteiger charge is -2.21. The summed E-state index contributed by atoms with van der Waals surface area (Å²) in [6, 6.07) is 0. The summed E-state index contributed by atoms with van der Waals surface area (Å²) in [5, 5.41) is 10.6. The number of hydrogen-bond donors (Lipinski definition) is 3. The van der Waals surface area contributed by atoms with Gasteiger partial charge in [0.1, 0.15) is 19.3 Å². The fourth-order valence-corrected chi connectivity index (χ4v) is 13.3. The molecule has 0 aromatic rings. The maximum Gasteiger partial charge on any atom is 0.472 e. The summed E-state index contributed by atoms with van der Waals surface area (Å²) in [5.41, 5.74) is 0. The second-order valence-electron chi connectivity index (χ2n) is 29.7. The molecular weight excluding hydrogens is 1260 g/mol. The van der Waals surface area contributed by atoms with E-state index in [0.29, 0.717) is 31.6 Å². The monoisotopic (exact) mass is 1410 g/mol. The fourth-order valence-electron chi connectivity index (χ4n) is 11.7. The Bertz CT molecular complexity index is 1880. The summed E-state index contributed by atoms with van der Waals surface area (Å²) in [6.45, 7) is 14.2. The van der Waals surface area contributed by atoms with Gasteiger partial charge in [-0.2, -0.15) is 0 Å². The van der Waals surface area contributed by atoms with Gasteiger partial charge < -0.3 is 33.8 Å². The SMILES string of the molecule is CC(C)CCCCCCCCCCCCCCCCCCC(=O)OC[C@H](COP(=O)(O)OC[C@@H](O)COP(=O)(O)OC[C@@H](COC(=O)CCCCCCCCC(C)C)OC(=O)CCCCCCCCCCCCCC(C)C)OC(=O)CCCCCCCCCCCCCC(C)C. The van der Waals surface area contributed by atoms with Crippen LogP contribution in [0.3, 0.4) is 0 Å². The Morgan fingerprint density at radius 3 is 0.646 bits per heavy atom. The van der Waals surface area contributed by atoms with Crippen LogP contribution in [0.5, 0.6) is 0 Å². The molecule has 5 atom stereocenters. The minimum absolute atomic E-state index is 0.105. The van der Waals surface area contributed by atoms with Gasteiger partial charge in [-0.15, -0.1) is 0 Å². The first-order chi connectivity index (χ1) is 46.1. The molecule has 0 rings (SSSR count). The molecule has 17 nitrogen and oxygen atoms in total. The molecule has 0 aromatic carbocycles. The van der Waals surface area contributed by atoms with E-state index in [1.807, 2.05) is 0 Å². The van der Waals surface area contributed by atoms with E-state index >= 15 is 0 Å². The van der Waals surface area contributed by atoms with Crippen molar-refractivity contribution < 1.29 is 80.2 Å². The number of hydrogen-bond acceptors (Lipinski definition) is 15. The van der Waals surface area contributed by atoms with Crippen LogP contribution in [0.25, 0.3) is 0 Å². The number of carbonyl (C=O) groups excluding carboxylic acids is 4. The van der Waals surface area contributed by atoms with E-state index in [1.165, 1.54) is 186 Å². The van der Waals surface area contributed by atoms with Gasteiger partial charge in [-0.3, -0.25) is 37.3 Å². The van der Waals surface area contributed by atoms with Crippen molar-refractivity contribution in [1.82, 2.24) is 0 Å². The van der Waals surface area contributed by atoms with Crippen LogP contribution in [0.2, 0.25) is 0 Å². The molecular formula is C77H150O17P2. The van der Waals surface area contributed by atoms with E-state index in [9.17, 15) is 43.2 Å². The predicted octanol–water partition coefficient (Wildman–Crippen LogP) is 22.4. The number of aliphatic hydroxyl groups is 1. The van der Waals surface area contributed by atoms with Crippen molar-refractivity contribution in [2.75, 3.05) is 39.6 Å². The summed E-state index contributed by atoms with van der Waals surface area (Å²) in [7, 11) is -9.91. The van der Waals surface area contributed by atoms with E-state index < -0.39 is 97.5 Å². The topological polar surface area (TPSA) is 237 Å². The molecule has 0 fully saturated rings. The smallest absolute Gasteiger partial charge is 0.462 e. The molecule has 0 aliphatic heterocycles. The number of carbonyl (C=O) groups is 4. The van der Waals surface area contributed by atoms with Gasteiger partial charge in [0.15, 0.2) is 12.2 Å². The molecule has 0 saturated carbocycles. The maximum absolute atomic E-state index is 13.1.